The fourth-order valence-corrected chi connectivity index (χ4v) is 9.57. The number of halogens is 1. The first-order valence-electron chi connectivity index (χ1n) is 22.4. The average molecular weight is 930 g/mol. The number of nitrogens with zero attached hydrogens (tertiary/aromatic N) is 6. The third kappa shape index (κ3) is 9.81. The van der Waals surface area contributed by atoms with Crippen molar-refractivity contribution < 1.29 is 18.8 Å². The number of nitrogens with one attached hydrogen (secondary N) is 4. The van der Waals surface area contributed by atoms with Crippen LogP contribution in [0.5, 0.6) is 11.8 Å². The fourth-order valence-electron chi connectivity index (χ4n) is 9.21. The van der Waals surface area contributed by atoms with Gasteiger partial charge < -0.3 is 29.4 Å². The average Bonchev–Trinajstić information content (AvgIpc) is 4.14. The van der Waals surface area contributed by atoms with E-state index in [9.17, 15) is 0 Å². The van der Waals surface area contributed by atoms with E-state index < -0.39 is 0 Å². The lowest BCUT2D eigenvalue weighted by molar-refractivity contribution is -0.0249. The second-order valence-electron chi connectivity index (χ2n) is 18.9. The molecule has 1 unspecified atom stereocenters. The van der Waals surface area contributed by atoms with Gasteiger partial charge in [0.25, 0.3) is 0 Å². The first kappa shape index (κ1) is 44.2. The van der Waals surface area contributed by atoms with Crippen LogP contribution in [-0.4, -0.2) is 97.5 Å². The Morgan fingerprint density at radius 2 is 1.28 bits per heavy atom. The van der Waals surface area contributed by atoms with Crippen molar-refractivity contribution in [3.05, 3.63) is 89.9 Å². The van der Waals surface area contributed by atoms with Crippen LogP contribution in [0.15, 0.2) is 84.3 Å². The highest BCUT2D eigenvalue weighted by Gasteiger charge is 2.53. The molecule has 3 atom stereocenters. The lowest BCUT2D eigenvalue weighted by atomic mass is 9.76. The number of piperidine rings is 2. The van der Waals surface area contributed by atoms with Crippen LogP contribution in [0.3, 0.4) is 0 Å². The minimum absolute atomic E-state index is 0.0821. The summed E-state index contributed by atoms with van der Waals surface area (Å²) < 4.78 is 24.7. The Kier molecular flexibility index (Phi) is 12.5. The smallest absolute Gasteiger partial charge is 0.471 e. The van der Waals surface area contributed by atoms with Gasteiger partial charge in [0, 0.05) is 45.3 Å². The molecule has 3 aliphatic heterocycles. The molecular formula is C48H58BBrN10O4. The Labute approximate surface area is 383 Å². The summed E-state index contributed by atoms with van der Waals surface area (Å²) in [7, 11) is -0.219. The van der Waals surface area contributed by atoms with E-state index in [1.165, 1.54) is 38.5 Å². The van der Waals surface area contributed by atoms with E-state index in [1.807, 2.05) is 44.2 Å². The van der Waals surface area contributed by atoms with Gasteiger partial charge >= 0.3 is 7.12 Å². The molecule has 14 nitrogen and oxygen atoms in total. The number of aromatic nitrogens is 8. The first-order valence-corrected chi connectivity index (χ1v) is 23.2. The summed E-state index contributed by atoms with van der Waals surface area (Å²) in [6.45, 7) is 21.9. The molecule has 4 N–H and O–H groups in total. The highest BCUT2D eigenvalue weighted by atomic mass is 79.9. The molecule has 2 spiro atoms. The van der Waals surface area contributed by atoms with Crippen LogP contribution < -0.4 is 20.1 Å². The van der Waals surface area contributed by atoms with Crippen LogP contribution in [0.25, 0.3) is 50.2 Å². The van der Waals surface area contributed by atoms with E-state index in [4.69, 9.17) is 23.8 Å². The topological polar surface area (TPSA) is 170 Å². The summed E-state index contributed by atoms with van der Waals surface area (Å²) in [6.07, 6.45) is 15.8. The summed E-state index contributed by atoms with van der Waals surface area (Å²) in [5.74, 6) is 1.14. The number of H-pyrrole nitrogens is 2. The second-order valence-corrected chi connectivity index (χ2v) is 19.8. The van der Waals surface area contributed by atoms with Gasteiger partial charge in [0.15, 0.2) is 0 Å². The zero-order valence-electron chi connectivity index (χ0n) is 37.5. The lowest BCUT2D eigenvalue weighted by Gasteiger charge is -2.38. The number of hydrogen-bond acceptors (Lipinski definition) is 12. The molecule has 64 heavy (non-hydrogen) atoms. The zero-order chi connectivity index (χ0) is 44.6. The number of rotatable bonds is 8. The summed E-state index contributed by atoms with van der Waals surface area (Å²) in [6, 6.07) is 12.2. The quantitative estimate of drug-likeness (QED) is 0.107. The summed E-state index contributed by atoms with van der Waals surface area (Å²) >= 11 is 3.51. The van der Waals surface area contributed by atoms with E-state index >= 15 is 0 Å². The summed E-state index contributed by atoms with van der Waals surface area (Å²) in [5, 5.41) is 23.9. The van der Waals surface area contributed by atoms with E-state index in [1.54, 1.807) is 24.8 Å². The van der Waals surface area contributed by atoms with Crippen molar-refractivity contribution in [2.75, 3.05) is 26.2 Å². The van der Waals surface area contributed by atoms with E-state index in [0.717, 1.165) is 92.6 Å². The molecule has 334 valence electrons. The molecule has 7 heterocycles. The molecule has 2 aromatic carbocycles. The molecule has 16 heteroatoms. The molecule has 0 bridgehead atoms. The monoisotopic (exact) mass is 928 g/mol. The third-order valence-electron chi connectivity index (χ3n) is 13.2. The second kappa shape index (κ2) is 18.1. The van der Waals surface area contributed by atoms with Crippen LogP contribution in [0.2, 0.25) is 0 Å². The van der Waals surface area contributed by atoms with Crippen molar-refractivity contribution >= 4 is 50.4 Å². The van der Waals surface area contributed by atoms with Crippen LogP contribution in [-0.2, 0) is 9.31 Å². The molecule has 2 saturated carbocycles. The Bertz CT molecular complexity index is 2660. The maximum absolute atomic E-state index is 6.26. The number of ether oxygens (including phenoxy) is 2. The summed E-state index contributed by atoms with van der Waals surface area (Å²) in [5.41, 5.74) is 8.62. The van der Waals surface area contributed by atoms with Gasteiger partial charge in [-0.25, -0.2) is 9.97 Å². The maximum atomic E-state index is 6.26. The van der Waals surface area contributed by atoms with Gasteiger partial charge in [-0.1, -0.05) is 39.6 Å². The number of fused-ring (bicyclic) bond motifs is 2. The number of hydrogen-bond donors (Lipinski definition) is 4. The Morgan fingerprint density at radius 3 is 1.78 bits per heavy atom. The molecule has 0 radical (unpaired) electrons. The third-order valence-corrected chi connectivity index (χ3v) is 13.7. The normalized spacial score (nSPS) is 22.5. The van der Waals surface area contributed by atoms with E-state index in [2.05, 4.69) is 102 Å². The van der Waals surface area contributed by atoms with Gasteiger partial charge in [0.05, 0.1) is 41.4 Å². The fraction of sp³-hybridized carbons (Fsp3) is 0.458. The Hall–Kier alpha value is -5.00. The number of aromatic amines is 2. The largest absolute Gasteiger partial charge is 0.489 e. The molecule has 2 aliphatic carbocycles. The van der Waals surface area contributed by atoms with Gasteiger partial charge in [-0.15, -0.1) is 6.58 Å². The van der Waals surface area contributed by atoms with Crippen LogP contribution >= 0.6 is 15.9 Å². The Balaban J connectivity index is 0.000000130. The van der Waals surface area contributed by atoms with Gasteiger partial charge in [-0.2, -0.15) is 10.2 Å². The van der Waals surface area contributed by atoms with Crippen LogP contribution in [0.4, 0.5) is 0 Å². The lowest BCUT2D eigenvalue weighted by Crippen LogP contribution is -2.46. The first-order chi connectivity index (χ1) is 30.8. The highest BCUT2D eigenvalue weighted by molar-refractivity contribution is 9.10. The van der Waals surface area contributed by atoms with Crippen molar-refractivity contribution in [1.82, 2.24) is 51.0 Å². The van der Waals surface area contributed by atoms with Crippen LogP contribution in [0, 0.1) is 10.8 Å². The minimum atomic E-state index is -0.219. The highest BCUT2D eigenvalue weighted by Crippen LogP contribution is 2.54. The minimum Gasteiger partial charge on any atom is -0.471 e. The molecular weight excluding hydrogens is 871 g/mol. The van der Waals surface area contributed by atoms with Gasteiger partial charge in [0.1, 0.15) is 35.0 Å². The molecule has 11 rings (SSSR count). The maximum Gasteiger partial charge on any atom is 0.489 e. The van der Waals surface area contributed by atoms with Gasteiger partial charge in [-0.05, 0) is 129 Å². The molecule has 4 aromatic heterocycles. The molecule has 0 amide bonds. The molecule has 5 aliphatic rings. The van der Waals surface area contributed by atoms with Crippen molar-refractivity contribution in [1.29, 1.82) is 0 Å². The van der Waals surface area contributed by atoms with Crippen molar-refractivity contribution in [3.8, 4) is 34.5 Å². The van der Waals surface area contributed by atoms with Crippen molar-refractivity contribution in [2.24, 2.45) is 10.8 Å². The molecule has 6 aromatic rings. The SMILES string of the molecule is Brc1ccc2[nH]nc(-c3cncc(O[C@H]4CNCCC45CC5)n3)c2c1.C=C(C)B1OC(C)CC(C)(C)O1.C=C(C)c1ccc2[nH]nc(-c3cncc(O[C@H]4CNCCC45CC5)n3)c2c1. The number of benzene rings is 2. The predicted molar refractivity (Wildman–Crippen MR) is 255 cm³/mol. The molecule has 5 fully saturated rings. The standard InChI is InChI=1S/C21H23N5O.C18H18BrN5O.C9H17BO2/c1-13(2)14-3-4-16-15(9-14)20(26-25-16)17-10-23-12-19(24-17)27-18-11-22-8-7-21(18)5-6-21;19-11-1-2-13-12(7-11)17(24-23-13)14-8-21-10-16(22-14)25-15-9-20-6-5-18(15)3-4-18;1-7(2)10-11-8(3)6-9(4,5)12-10/h3-4,9-10,12,18,22H,1,5-8,11H2,2H3,(H,25,26);1-2,7-8,10,15,20H,3-6,9H2,(H,23,24);8H,1,6H2,2-5H3/t18-;15-;/m00./s1. The van der Waals surface area contributed by atoms with E-state index in [-0.39, 0.29) is 31.0 Å². The van der Waals surface area contributed by atoms with Crippen molar-refractivity contribution in [2.45, 2.75) is 103 Å². The van der Waals surface area contributed by atoms with Gasteiger partial charge in [-0.3, -0.25) is 20.2 Å². The summed E-state index contributed by atoms with van der Waals surface area (Å²) in [4.78, 5) is 18.1. The zero-order valence-corrected chi connectivity index (χ0v) is 39.1. The van der Waals surface area contributed by atoms with Crippen LogP contribution in [0.1, 0.15) is 85.1 Å². The van der Waals surface area contributed by atoms with E-state index in [0.29, 0.717) is 28.3 Å². The predicted octanol–water partition coefficient (Wildman–Crippen LogP) is 9.07. The number of allylic oxidation sites excluding steroid dienone is 2. The van der Waals surface area contributed by atoms with Gasteiger partial charge in [0.2, 0.25) is 11.8 Å². The van der Waals surface area contributed by atoms with Crippen molar-refractivity contribution in [3.63, 3.8) is 0 Å². The Morgan fingerprint density at radius 1 is 0.750 bits per heavy atom. The molecule has 3 saturated heterocycles.